The van der Waals surface area contributed by atoms with Crippen LogP contribution in [0.5, 0.6) is 0 Å². The molecule has 0 saturated heterocycles. The maximum Gasteiger partial charge on any atom is 0.0601 e. The summed E-state index contributed by atoms with van der Waals surface area (Å²) in [5, 5.41) is 2.22. The molecule has 1 heterocycles. The predicted molar refractivity (Wildman–Crippen MR) is 54.7 cm³/mol. The average molecular weight is 186 g/mol. The van der Waals surface area contributed by atoms with Crippen LogP contribution in [-0.2, 0) is 0 Å². The minimum absolute atomic E-state index is 1.27. The number of rotatable bonds is 4. The zero-order valence-corrected chi connectivity index (χ0v) is 8.73. The Bertz CT molecular complexity index is 203. The topological polar surface area (TPSA) is 0 Å². The summed E-state index contributed by atoms with van der Waals surface area (Å²) in [4.78, 5) is 0. The molecule has 0 bridgehead atoms. The van der Waals surface area contributed by atoms with Crippen molar-refractivity contribution in [3.63, 3.8) is 0 Å². The third-order valence-corrected chi connectivity index (χ3v) is 3.83. The van der Waals surface area contributed by atoms with Crippen molar-refractivity contribution in [3.8, 4) is 0 Å². The Balaban J connectivity index is 2.27. The van der Waals surface area contributed by atoms with Crippen molar-refractivity contribution in [1.82, 2.24) is 0 Å². The molecule has 0 atom stereocenters. The maximum atomic E-state index is 2.27. The lowest BCUT2D eigenvalue weighted by atomic mass is 10.4. The molecule has 11 heavy (non-hydrogen) atoms. The number of thiophene rings is 1. The number of thioether (sulfide) groups is 1. The molecule has 0 N–H and O–H groups in total. The molecule has 1 rings (SSSR count). The summed E-state index contributed by atoms with van der Waals surface area (Å²) in [6.07, 6.45) is 2.64. The van der Waals surface area contributed by atoms with Gasteiger partial charge in [0, 0.05) is 0 Å². The Morgan fingerprint density at radius 3 is 2.91 bits per heavy atom. The van der Waals surface area contributed by atoms with Crippen molar-refractivity contribution < 1.29 is 0 Å². The third kappa shape index (κ3) is 3.30. The summed E-state index contributed by atoms with van der Waals surface area (Å²) in [5.74, 6) is 1.27. The Labute approximate surface area is 77.0 Å². The lowest BCUT2D eigenvalue weighted by molar-refractivity contribution is 0.896. The van der Waals surface area contributed by atoms with Crippen LogP contribution in [0.25, 0.3) is 0 Å². The molecule has 2 heteroatoms. The van der Waals surface area contributed by atoms with Gasteiger partial charge < -0.3 is 0 Å². The molecule has 0 aliphatic heterocycles. The standard InChI is InChI=1S/C9H14S2/c1-3-4-5-10-9-6-8(2)7-11-9/h6-7H,3-5H2,1-2H3. The van der Waals surface area contributed by atoms with Gasteiger partial charge in [-0.2, -0.15) is 0 Å². The van der Waals surface area contributed by atoms with E-state index in [1.807, 2.05) is 23.1 Å². The van der Waals surface area contributed by atoms with Crippen LogP contribution in [0.1, 0.15) is 25.3 Å². The number of unbranched alkanes of at least 4 members (excludes halogenated alkanes) is 1. The van der Waals surface area contributed by atoms with Crippen LogP contribution in [0.4, 0.5) is 0 Å². The molecule has 0 spiro atoms. The Morgan fingerprint density at radius 2 is 2.36 bits per heavy atom. The minimum Gasteiger partial charge on any atom is -0.137 e. The van der Waals surface area contributed by atoms with Crippen molar-refractivity contribution in [2.45, 2.75) is 30.9 Å². The molecule has 1 aromatic rings. The van der Waals surface area contributed by atoms with E-state index >= 15 is 0 Å². The second-order valence-corrected chi connectivity index (χ2v) is 4.95. The summed E-state index contributed by atoms with van der Waals surface area (Å²) in [6, 6.07) is 2.27. The average Bonchev–Trinajstić information content (AvgIpc) is 2.37. The quantitative estimate of drug-likeness (QED) is 0.507. The molecule has 0 fully saturated rings. The first kappa shape index (κ1) is 9.14. The van der Waals surface area contributed by atoms with E-state index in [0.717, 1.165) is 0 Å². The van der Waals surface area contributed by atoms with Crippen molar-refractivity contribution >= 4 is 23.1 Å². The number of aryl methyl sites for hydroxylation is 1. The molecule has 0 saturated carbocycles. The van der Waals surface area contributed by atoms with Gasteiger partial charge in [-0.05, 0) is 36.1 Å². The van der Waals surface area contributed by atoms with Crippen LogP contribution in [0.15, 0.2) is 15.7 Å². The molecule has 0 radical (unpaired) electrons. The fourth-order valence-electron chi connectivity index (χ4n) is 0.798. The number of hydrogen-bond acceptors (Lipinski definition) is 2. The lowest BCUT2D eigenvalue weighted by Gasteiger charge is -1.93. The summed E-state index contributed by atoms with van der Waals surface area (Å²) in [7, 11) is 0. The van der Waals surface area contributed by atoms with Gasteiger partial charge in [0.25, 0.3) is 0 Å². The fraction of sp³-hybridized carbons (Fsp3) is 0.556. The lowest BCUT2D eigenvalue weighted by Crippen LogP contribution is -1.74. The van der Waals surface area contributed by atoms with Crippen LogP contribution in [0, 0.1) is 6.92 Å². The summed E-state index contributed by atoms with van der Waals surface area (Å²) < 4.78 is 1.47. The van der Waals surface area contributed by atoms with Crippen LogP contribution in [-0.4, -0.2) is 5.75 Å². The summed E-state index contributed by atoms with van der Waals surface area (Å²) >= 11 is 3.85. The second-order valence-electron chi connectivity index (χ2n) is 2.65. The molecule has 0 aromatic carbocycles. The van der Waals surface area contributed by atoms with Gasteiger partial charge in [-0.15, -0.1) is 23.1 Å². The van der Waals surface area contributed by atoms with Crippen LogP contribution in [0.2, 0.25) is 0 Å². The van der Waals surface area contributed by atoms with E-state index in [1.54, 1.807) is 0 Å². The summed E-state index contributed by atoms with van der Waals surface area (Å²) in [5.41, 5.74) is 1.40. The third-order valence-electron chi connectivity index (χ3n) is 1.45. The highest BCUT2D eigenvalue weighted by Gasteiger charge is 1.95. The first-order valence-corrected chi connectivity index (χ1v) is 5.87. The van der Waals surface area contributed by atoms with Gasteiger partial charge in [0.2, 0.25) is 0 Å². The van der Waals surface area contributed by atoms with E-state index in [4.69, 9.17) is 0 Å². The highest BCUT2D eigenvalue weighted by molar-refractivity contribution is 8.01. The second kappa shape index (κ2) is 4.83. The SMILES string of the molecule is CCCCSc1cc(C)cs1. The van der Waals surface area contributed by atoms with Crippen molar-refractivity contribution in [3.05, 3.63) is 17.0 Å². The molecule has 0 amide bonds. The molecule has 62 valence electrons. The normalized spacial score (nSPS) is 10.4. The van der Waals surface area contributed by atoms with E-state index in [1.165, 1.54) is 28.4 Å². The van der Waals surface area contributed by atoms with Gasteiger partial charge in [0.1, 0.15) is 0 Å². The van der Waals surface area contributed by atoms with Gasteiger partial charge in [0.15, 0.2) is 0 Å². The van der Waals surface area contributed by atoms with Gasteiger partial charge >= 0.3 is 0 Å². The smallest absolute Gasteiger partial charge is 0.0601 e. The number of hydrogen-bond donors (Lipinski definition) is 0. The molecular formula is C9H14S2. The van der Waals surface area contributed by atoms with Gasteiger partial charge in [-0.1, -0.05) is 13.3 Å². The molecule has 0 aliphatic rings. The van der Waals surface area contributed by atoms with E-state index in [2.05, 4.69) is 25.3 Å². The van der Waals surface area contributed by atoms with Crippen LogP contribution in [0.3, 0.4) is 0 Å². The zero-order valence-electron chi connectivity index (χ0n) is 7.09. The van der Waals surface area contributed by atoms with Gasteiger partial charge in [0.05, 0.1) is 4.21 Å². The van der Waals surface area contributed by atoms with Gasteiger partial charge in [-0.3, -0.25) is 0 Å². The monoisotopic (exact) mass is 186 g/mol. The van der Waals surface area contributed by atoms with E-state index < -0.39 is 0 Å². The minimum atomic E-state index is 1.27. The maximum absolute atomic E-state index is 2.27. The summed E-state index contributed by atoms with van der Waals surface area (Å²) in [6.45, 7) is 4.39. The van der Waals surface area contributed by atoms with E-state index in [9.17, 15) is 0 Å². The molecule has 0 unspecified atom stereocenters. The van der Waals surface area contributed by atoms with E-state index in [-0.39, 0.29) is 0 Å². The molecule has 0 aliphatic carbocycles. The largest absolute Gasteiger partial charge is 0.137 e. The Kier molecular flexibility index (Phi) is 4.02. The van der Waals surface area contributed by atoms with Crippen molar-refractivity contribution in [2.75, 3.05) is 5.75 Å². The Hall–Kier alpha value is 0.0500. The van der Waals surface area contributed by atoms with Crippen LogP contribution >= 0.6 is 23.1 Å². The van der Waals surface area contributed by atoms with Crippen LogP contribution < -0.4 is 0 Å². The first-order valence-electron chi connectivity index (χ1n) is 4.01. The molecular weight excluding hydrogens is 172 g/mol. The van der Waals surface area contributed by atoms with Crippen molar-refractivity contribution in [2.24, 2.45) is 0 Å². The fourth-order valence-corrected chi connectivity index (χ4v) is 2.99. The Morgan fingerprint density at radius 1 is 1.55 bits per heavy atom. The first-order chi connectivity index (χ1) is 5.33. The highest BCUT2D eigenvalue weighted by atomic mass is 32.2. The molecule has 0 nitrogen and oxygen atoms in total. The van der Waals surface area contributed by atoms with Gasteiger partial charge in [-0.25, -0.2) is 0 Å². The molecule has 1 aromatic heterocycles. The highest BCUT2D eigenvalue weighted by Crippen LogP contribution is 2.26. The predicted octanol–water partition coefficient (Wildman–Crippen LogP) is 3.95. The zero-order chi connectivity index (χ0) is 8.10. The van der Waals surface area contributed by atoms with Crippen molar-refractivity contribution in [1.29, 1.82) is 0 Å². The van der Waals surface area contributed by atoms with E-state index in [0.29, 0.717) is 0 Å².